The third-order valence-electron chi connectivity index (χ3n) is 4.56. The summed E-state index contributed by atoms with van der Waals surface area (Å²) in [5.41, 5.74) is 2.22. The first kappa shape index (κ1) is 16.3. The molecule has 0 bridgehead atoms. The van der Waals surface area contributed by atoms with Crippen LogP contribution in [-0.4, -0.2) is 15.6 Å². The van der Waals surface area contributed by atoms with Crippen molar-refractivity contribution in [2.75, 3.05) is 5.32 Å². The largest absolute Gasteiger partial charge is 0.367 e. The Hall–Kier alpha value is -2.17. The predicted octanol–water partition coefficient (Wildman–Crippen LogP) is 5.10. The van der Waals surface area contributed by atoms with Crippen LogP contribution in [-0.2, 0) is 0 Å². The lowest BCUT2D eigenvalue weighted by Crippen LogP contribution is -2.27. The van der Waals surface area contributed by atoms with Gasteiger partial charge >= 0.3 is 5.69 Å². The SMILES string of the molecule is O=c1[nH]c(NC2CCC2)c(-c2ccccc2)n1-c1ccc(Cl)c(Cl)c1. The van der Waals surface area contributed by atoms with Gasteiger partial charge in [-0.3, -0.25) is 9.55 Å². The molecule has 2 aromatic carbocycles. The summed E-state index contributed by atoms with van der Waals surface area (Å²) in [6, 6.07) is 15.5. The van der Waals surface area contributed by atoms with E-state index in [1.54, 1.807) is 22.8 Å². The summed E-state index contributed by atoms with van der Waals surface area (Å²) in [5, 5.41) is 4.34. The maximum absolute atomic E-state index is 12.7. The van der Waals surface area contributed by atoms with Crippen LogP contribution < -0.4 is 11.0 Å². The summed E-state index contributed by atoms with van der Waals surface area (Å²) < 4.78 is 1.64. The van der Waals surface area contributed by atoms with Gasteiger partial charge in [0.2, 0.25) is 0 Å². The van der Waals surface area contributed by atoms with E-state index in [0.29, 0.717) is 21.8 Å². The van der Waals surface area contributed by atoms with Crippen molar-refractivity contribution in [3.05, 3.63) is 69.1 Å². The molecule has 4 nitrogen and oxygen atoms in total. The van der Waals surface area contributed by atoms with Crippen LogP contribution in [0.5, 0.6) is 0 Å². The van der Waals surface area contributed by atoms with Crippen molar-refractivity contribution >= 4 is 29.0 Å². The van der Waals surface area contributed by atoms with Gasteiger partial charge in [0, 0.05) is 11.6 Å². The maximum Gasteiger partial charge on any atom is 0.332 e. The van der Waals surface area contributed by atoms with Crippen LogP contribution in [0.4, 0.5) is 5.82 Å². The van der Waals surface area contributed by atoms with E-state index in [1.807, 2.05) is 30.3 Å². The first-order valence-corrected chi connectivity index (χ1v) is 9.01. The minimum Gasteiger partial charge on any atom is -0.367 e. The Morgan fingerprint density at radius 2 is 1.80 bits per heavy atom. The second-order valence-corrected chi connectivity index (χ2v) is 7.04. The number of halogens is 2. The number of nitrogens with one attached hydrogen (secondary N) is 2. The fourth-order valence-electron chi connectivity index (χ4n) is 3.04. The zero-order valence-electron chi connectivity index (χ0n) is 13.4. The third kappa shape index (κ3) is 3.08. The maximum atomic E-state index is 12.7. The highest BCUT2D eigenvalue weighted by atomic mass is 35.5. The number of H-pyrrole nitrogens is 1. The molecule has 6 heteroatoms. The second kappa shape index (κ2) is 6.62. The standard InChI is InChI=1S/C19H17Cl2N3O/c20-15-10-9-14(11-16(15)21)24-17(12-5-2-1-3-6-12)18(23-19(24)25)22-13-7-4-8-13/h1-3,5-6,9-11,13,22H,4,7-8H2,(H,23,25). The number of imidazole rings is 1. The normalized spacial score (nSPS) is 14.3. The summed E-state index contributed by atoms with van der Waals surface area (Å²) in [4.78, 5) is 15.7. The Kier molecular flexibility index (Phi) is 4.32. The number of hydrogen-bond acceptors (Lipinski definition) is 2. The van der Waals surface area contributed by atoms with Crippen molar-refractivity contribution in [2.24, 2.45) is 0 Å². The van der Waals surface area contributed by atoms with Gasteiger partial charge in [0.25, 0.3) is 0 Å². The second-order valence-electron chi connectivity index (χ2n) is 6.23. The molecular weight excluding hydrogens is 357 g/mol. The van der Waals surface area contributed by atoms with Crippen molar-refractivity contribution < 1.29 is 0 Å². The van der Waals surface area contributed by atoms with Gasteiger partial charge in [-0.1, -0.05) is 53.5 Å². The molecule has 3 aromatic rings. The summed E-state index contributed by atoms with van der Waals surface area (Å²) in [6.45, 7) is 0. The van der Waals surface area contributed by atoms with Crippen LogP contribution in [0.15, 0.2) is 53.3 Å². The van der Waals surface area contributed by atoms with E-state index in [0.717, 1.165) is 29.9 Å². The summed E-state index contributed by atoms with van der Waals surface area (Å²) in [6.07, 6.45) is 3.46. The van der Waals surface area contributed by atoms with Crippen molar-refractivity contribution in [3.63, 3.8) is 0 Å². The van der Waals surface area contributed by atoms with E-state index in [2.05, 4.69) is 10.3 Å². The van der Waals surface area contributed by atoms with Crippen molar-refractivity contribution in [2.45, 2.75) is 25.3 Å². The van der Waals surface area contributed by atoms with Gasteiger partial charge in [0.05, 0.1) is 21.4 Å². The highest BCUT2D eigenvalue weighted by Gasteiger charge is 2.23. The summed E-state index contributed by atoms with van der Waals surface area (Å²) in [7, 11) is 0. The molecule has 0 radical (unpaired) electrons. The fraction of sp³-hybridized carbons (Fsp3) is 0.211. The molecule has 2 N–H and O–H groups in total. The van der Waals surface area contributed by atoms with Crippen LogP contribution in [0.25, 0.3) is 16.9 Å². The zero-order valence-corrected chi connectivity index (χ0v) is 14.9. The molecule has 128 valence electrons. The molecule has 0 saturated heterocycles. The van der Waals surface area contributed by atoms with E-state index < -0.39 is 0 Å². The molecule has 0 unspecified atom stereocenters. The van der Waals surface area contributed by atoms with Crippen molar-refractivity contribution in [1.29, 1.82) is 0 Å². The van der Waals surface area contributed by atoms with Crippen LogP contribution in [0.2, 0.25) is 10.0 Å². The van der Waals surface area contributed by atoms with Crippen LogP contribution in [0.1, 0.15) is 19.3 Å². The topological polar surface area (TPSA) is 49.8 Å². The number of rotatable bonds is 4. The average Bonchev–Trinajstić information content (AvgIpc) is 2.90. The highest BCUT2D eigenvalue weighted by Crippen LogP contribution is 2.32. The third-order valence-corrected chi connectivity index (χ3v) is 5.30. The van der Waals surface area contributed by atoms with Crippen molar-refractivity contribution in [3.8, 4) is 16.9 Å². The fourth-order valence-corrected chi connectivity index (χ4v) is 3.33. The van der Waals surface area contributed by atoms with Gasteiger partial charge in [-0.15, -0.1) is 0 Å². The van der Waals surface area contributed by atoms with Gasteiger partial charge in [-0.25, -0.2) is 4.79 Å². The Balaban J connectivity index is 1.90. The molecule has 1 aromatic heterocycles. The van der Waals surface area contributed by atoms with Gasteiger partial charge < -0.3 is 5.32 Å². The molecule has 4 rings (SSSR count). The zero-order chi connectivity index (χ0) is 17.4. The quantitative estimate of drug-likeness (QED) is 0.667. The van der Waals surface area contributed by atoms with E-state index in [9.17, 15) is 4.79 Å². The van der Waals surface area contributed by atoms with E-state index in [-0.39, 0.29) is 5.69 Å². The Morgan fingerprint density at radius 3 is 2.44 bits per heavy atom. The molecule has 25 heavy (non-hydrogen) atoms. The number of nitrogens with zero attached hydrogens (tertiary/aromatic N) is 1. The minimum atomic E-state index is -0.209. The van der Waals surface area contributed by atoms with E-state index >= 15 is 0 Å². The first-order chi connectivity index (χ1) is 12.1. The molecule has 1 aliphatic rings. The molecule has 0 amide bonds. The predicted molar refractivity (Wildman–Crippen MR) is 103 cm³/mol. The van der Waals surface area contributed by atoms with Gasteiger partial charge in [0.1, 0.15) is 5.82 Å². The lowest BCUT2D eigenvalue weighted by atomic mass is 9.93. The smallest absolute Gasteiger partial charge is 0.332 e. The van der Waals surface area contributed by atoms with Gasteiger partial charge in [-0.2, -0.15) is 0 Å². The highest BCUT2D eigenvalue weighted by molar-refractivity contribution is 6.42. The number of anilines is 1. The minimum absolute atomic E-state index is 0.209. The first-order valence-electron chi connectivity index (χ1n) is 8.26. The average molecular weight is 374 g/mol. The molecule has 1 fully saturated rings. The Morgan fingerprint density at radius 1 is 1.04 bits per heavy atom. The van der Waals surface area contributed by atoms with Crippen LogP contribution in [0, 0.1) is 0 Å². The number of hydrogen-bond donors (Lipinski definition) is 2. The molecule has 0 atom stereocenters. The lowest BCUT2D eigenvalue weighted by molar-refractivity contribution is 0.444. The van der Waals surface area contributed by atoms with Crippen molar-refractivity contribution in [1.82, 2.24) is 9.55 Å². The monoisotopic (exact) mass is 373 g/mol. The number of aromatic amines is 1. The van der Waals surface area contributed by atoms with Gasteiger partial charge in [0.15, 0.2) is 0 Å². The molecular formula is C19H17Cl2N3O. The molecule has 1 heterocycles. The van der Waals surface area contributed by atoms with E-state index in [4.69, 9.17) is 23.2 Å². The Bertz CT molecular complexity index is 959. The lowest BCUT2D eigenvalue weighted by Gasteiger charge is -2.27. The van der Waals surface area contributed by atoms with Crippen LogP contribution >= 0.6 is 23.2 Å². The van der Waals surface area contributed by atoms with Crippen LogP contribution in [0.3, 0.4) is 0 Å². The molecule has 0 spiro atoms. The summed E-state index contributed by atoms with van der Waals surface area (Å²) in [5.74, 6) is 0.743. The molecule has 1 aliphatic carbocycles. The number of aromatic nitrogens is 2. The molecule has 0 aliphatic heterocycles. The van der Waals surface area contributed by atoms with E-state index in [1.165, 1.54) is 6.42 Å². The summed E-state index contributed by atoms with van der Waals surface area (Å²) >= 11 is 12.2. The van der Waals surface area contributed by atoms with Gasteiger partial charge in [-0.05, 0) is 37.5 Å². The number of benzene rings is 2. The molecule has 1 saturated carbocycles. The Labute approximate surface area is 155 Å².